The summed E-state index contributed by atoms with van der Waals surface area (Å²) in [5, 5.41) is 14.1. The van der Waals surface area contributed by atoms with Crippen molar-refractivity contribution in [2.24, 2.45) is 5.10 Å². The number of nitrogens with zero attached hydrogens (tertiary/aromatic N) is 2. The normalized spacial score (nSPS) is 12.3. The zero-order valence-electron chi connectivity index (χ0n) is 12.3. The smallest absolute Gasteiger partial charge is 0.258 e. The summed E-state index contributed by atoms with van der Waals surface area (Å²) in [6.07, 6.45) is -3.46. The van der Waals surface area contributed by atoms with Crippen LogP contribution in [0.2, 0.25) is 0 Å². The van der Waals surface area contributed by atoms with Crippen molar-refractivity contribution in [2.45, 2.75) is 11.1 Å². The zero-order valence-corrected chi connectivity index (χ0v) is 13.1. The topological polar surface area (TPSA) is 102 Å². The molecule has 0 aliphatic rings. The van der Waals surface area contributed by atoms with Gasteiger partial charge in [-0.1, -0.05) is 18.2 Å². The van der Waals surface area contributed by atoms with Crippen molar-refractivity contribution in [3.05, 3.63) is 69.8 Å². The largest absolute Gasteiger partial charge is 0.416 e. The molecule has 0 aliphatic carbocycles. The Morgan fingerprint density at radius 2 is 1.76 bits per heavy atom. The van der Waals surface area contributed by atoms with Crippen LogP contribution in [0.5, 0.6) is 0 Å². The van der Waals surface area contributed by atoms with Gasteiger partial charge in [-0.25, -0.2) is 4.83 Å². The molecule has 0 saturated carbocycles. The van der Waals surface area contributed by atoms with E-state index in [-0.39, 0.29) is 10.5 Å². The molecule has 7 nitrogen and oxygen atoms in total. The van der Waals surface area contributed by atoms with E-state index in [2.05, 4.69) is 5.10 Å². The molecular formula is C14H10F3N3O4S. The number of alkyl halides is 3. The average molecular weight is 373 g/mol. The van der Waals surface area contributed by atoms with Crippen LogP contribution in [0.3, 0.4) is 0 Å². The van der Waals surface area contributed by atoms with Gasteiger partial charge in [0.05, 0.1) is 21.6 Å². The van der Waals surface area contributed by atoms with E-state index < -0.39 is 32.4 Å². The molecule has 0 atom stereocenters. The van der Waals surface area contributed by atoms with Crippen LogP contribution in [0.4, 0.5) is 18.9 Å². The Balaban J connectivity index is 2.13. The van der Waals surface area contributed by atoms with Gasteiger partial charge in [0.2, 0.25) is 0 Å². The van der Waals surface area contributed by atoms with E-state index in [1.54, 1.807) is 0 Å². The molecular weight excluding hydrogens is 363 g/mol. The maximum atomic E-state index is 12.4. The predicted molar refractivity (Wildman–Crippen MR) is 82.5 cm³/mol. The van der Waals surface area contributed by atoms with E-state index in [0.717, 1.165) is 48.7 Å². The highest BCUT2D eigenvalue weighted by atomic mass is 32.2. The number of hydrazone groups is 1. The lowest BCUT2D eigenvalue weighted by molar-refractivity contribution is -0.385. The number of hydrogen-bond donors (Lipinski definition) is 1. The Hall–Kier alpha value is -2.95. The molecule has 0 fully saturated rings. The van der Waals surface area contributed by atoms with Crippen LogP contribution < -0.4 is 4.83 Å². The van der Waals surface area contributed by atoms with Crippen molar-refractivity contribution in [3.8, 4) is 0 Å². The lowest BCUT2D eigenvalue weighted by Gasteiger charge is -2.06. The van der Waals surface area contributed by atoms with Gasteiger partial charge in [0.15, 0.2) is 0 Å². The number of nitro benzene ring substituents is 1. The molecule has 0 aliphatic heterocycles. The van der Waals surface area contributed by atoms with Gasteiger partial charge in [-0.05, 0) is 23.8 Å². The third kappa shape index (κ3) is 4.76. The summed E-state index contributed by atoms with van der Waals surface area (Å²) in [6.45, 7) is 0. The molecule has 2 aromatic carbocycles. The number of hydrogen-bond acceptors (Lipinski definition) is 5. The van der Waals surface area contributed by atoms with Crippen molar-refractivity contribution in [1.29, 1.82) is 0 Å². The summed E-state index contributed by atoms with van der Waals surface area (Å²) >= 11 is 0. The fourth-order valence-electron chi connectivity index (χ4n) is 1.75. The van der Waals surface area contributed by atoms with Gasteiger partial charge >= 0.3 is 6.18 Å². The van der Waals surface area contributed by atoms with Crippen LogP contribution in [0.25, 0.3) is 0 Å². The number of halogens is 3. The van der Waals surface area contributed by atoms with Gasteiger partial charge in [-0.2, -0.15) is 26.7 Å². The van der Waals surface area contributed by atoms with E-state index in [9.17, 15) is 31.7 Å². The standard InChI is InChI=1S/C14H10F3N3O4S/c15-14(16,17)11-6-4-10(5-7-11)9-18-19-25(23,24)13-3-1-2-12(8-13)20(21)22/h1-9,19H. The number of nitro groups is 1. The minimum atomic E-state index is -4.47. The molecule has 11 heteroatoms. The first-order valence-electron chi connectivity index (χ1n) is 6.56. The van der Waals surface area contributed by atoms with Crippen molar-refractivity contribution in [3.63, 3.8) is 0 Å². The van der Waals surface area contributed by atoms with Crippen molar-refractivity contribution >= 4 is 21.9 Å². The molecule has 0 radical (unpaired) electrons. The Morgan fingerprint density at radius 1 is 1.12 bits per heavy atom. The predicted octanol–water partition coefficient (Wildman–Crippen LogP) is 2.93. The van der Waals surface area contributed by atoms with Crippen LogP contribution in [0, 0.1) is 10.1 Å². The quantitative estimate of drug-likeness (QED) is 0.495. The first-order valence-corrected chi connectivity index (χ1v) is 8.04. The molecule has 25 heavy (non-hydrogen) atoms. The lowest BCUT2D eigenvalue weighted by Crippen LogP contribution is -2.18. The molecule has 0 aromatic heterocycles. The third-order valence-corrected chi connectivity index (χ3v) is 4.18. The average Bonchev–Trinajstić information content (AvgIpc) is 2.54. The summed E-state index contributed by atoms with van der Waals surface area (Å²) in [7, 11) is -4.15. The molecule has 1 N–H and O–H groups in total. The molecule has 0 spiro atoms. The highest BCUT2D eigenvalue weighted by Crippen LogP contribution is 2.28. The molecule has 0 heterocycles. The van der Waals surface area contributed by atoms with Gasteiger partial charge in [-0.3, -0.25) is 10.1 Å². The van der Waals surface area contributed by atoms with E-state index >= 15 is 0 Å². The second kappa shape index (κ2) is 6.89. The Morgan fingerprint density at radius 3 is 2.32 bits per heavy atom. The van der Waals surface area contributed by atoms with Crippen LogP contribution in [0.15, 0.2) is 58.5 Å². The molecule has 0 bridgehead atoms. The molecule has 0 saturated heterocycles. The van der Waals surface area contributed by atoms with Gasteiger partial charge < -0.3 is 0 Å². The SMILES string of the molecule is O=[N+]([O-])c1cccc(S(=O)(=O)NN=Cc2ccc(C(F)(F)F)cc2)c1. The number of nitrogens with one attached hydrogen (secondary N) is 1. The minimum Gasteiger partial charge on any atom is -0.258 e. The van der Waals surface area contributed by atoms with E-state index in [0.29, 0.717) is 0 Å². The fraction of sp³-hybridized carbons (Fsp3) is 0.0714. The lowest BCUT2D eigenvalue weighted by atomic mass is 10.1. The summed E-state index contributed by atoms with van der Waals surface area (Å²) in [5.41, 5.74) is -1.02. The van der Waals surface area contributed by atoms with Crippen molar-refractivity contribution < 1.29 is 26.5 Å². The van der Waals surface area contributed by atoms with Crippen molar-refractivity contribution in [1.82, 2.24) is 4.83 Å². The van der Waals surface area contributed by atoms with Crippen LogP contribution >= 0.6 is 0 Å². The van der Waals surface area contributed by atoms with Gasteiger partial charge in [0.25, 0.3) is 15.7 Å². The summed E-state index contributed by atoms with van der Waals surface area (Å²) < 4.78 is 61.3. The Kier molecular flexibility index (Phi) is 5.07. The number of rotatable bonds is 5. The van der Waals surface area contributed by atoms with Crippen molar-refractivity contribution in [2.75, 3.05) is 0 Å². The molecule has 0 amide bonds. The van der Waals surface area contributed by atoms with E-state index in [4.69, 9.17) is 0 Å². The third-order valence-electron chi connectivity index (χ3n) is 2.96. The summed E-state index contributed by atoms with van der Waals surface area (Å²) in [4.78, 5) is 11.4. The van der Waals surface area contributed by atoms with Gasteiger partial charge in [-0.15, -0.1) is 0 Å². The van der Waals surface area contributed by atoms with Gasteiger partial charge in [0.1, 0.15) is 0 Å². The molecule has 2 rings (SSSR count). The summed E-state index contributed by atoms with van der Waals surface area (Å²) in [5.74, 6) is 0. The van der Waals surface area contributed by atoms with E-state index in [1.165, 1.54) is 6.07 Å². The Bertz CT molecular complexity index is 910. The van der Waals surface area contributed by atoms with E-state index in [1.807, 2.05) is 4.83 Å². The molecule has 132 valence electrons. The highest BCUT2D eigenvalue weighted by Gasteiger charge is 2.29. The second-order valence-corrected chi connectivity index (χ2v) is 6.39. The number of benzene rings is 2. The number of sulfonamides is 1. The zero-order chi connectivity index (χ0) is 18.7. The fourth-order valence-corrected chi connectivity index (χ4v) is 2.58. The first-order chi connectivity index (χ1) is 11.6. The van der Waals surface area contributed by atoms with Crippen LogP contribution in [0.1, 0.15) is 11.1 Å². The molecule has 0 unspecified atom stereocenters. The molecule has 2 aromatic rings. The Labute approximate surface area is 140 Å². The maximum Gasteiger partial charge on any atom is 0.416 e. The highest BCUT2D eigenvalue weighted by molar-refractivity contribution is 7.89. The van der Waals surface area contributed by atoms with Gasteiger partial charge in [0, 0.05) is 12.1 Å². The monoisotopic (exact) mass is 373 g/mol. The minimum absolute atomic E-state index is 0.231. The summed E-state index contributed by atoms with van der Waals surface area (Å²) in [6, 6.07) is 8.23. The second-order valence-electron chi connectivity index (χ2n) is 4.73. The number of non-ortho nitro benzene ring substituents is 1. The maximum absolute atomic E-state index is 12.4. The van der Waals surface area contributed by atoms with Crippen LogP contribution in [-0.2, 0) is 16.2 Å². The van der Waals surface area contributed by atoms with Crippen LogP contribution in [-0.4, -0.2) is 19.6 Å². The first kappa shape index (κ1) is 18.4.